The van der Waals surface area contributed by atoms with Gasteiger partial charge in [-0.25, -0.2) is 0 Å². The van der Waals surface area contributed by atoms with Crippen molar-refractivity contribution in [1.29, 1.82) is 0 Å². The maximum atomic E-state index is 2.40. The average molecular weight is 216 g/mol. The Labute approximate surface area is 74.1 Å². The van der Waals surface area contributed by atoms with Gasteiger partial charge in [-0.15, -0.1) is 0 Å². The standard InChI is InChI=1S/C8H17AsN2/c1-7-6-10(4)8(9(2)3)11(7)5/h6,8H,1-5H3. The van der Waals surface area contributed by atoms with Gasteiger partial charge in [-0.3, -0.25) is 0 Å². The van der Waals surface area contributed by atoms with E-state index in [1.807, 2.05) is 0 Å². The Hall–Kier alpha value is -0.102. The van der Waals surface area contributed by atoms with Gasteiger partial charge in [0.05, 0.1) is 0 Å². The van der Waals surface area contributed by atoms with E-state index in [2.05, 4.69) is 48.4 Å². The van der Waals surface area contributed by atoms with Gasteiger partial charge >= 0.3 is 73.7 Å². The molecule has 0 bridgehead atoms. The van der Waals surface area contributed by atoms with Gasteiger partial charge in [-0.1, -0.05) is 0 Å². The van der Waals surface area contributed by atoms with Gasteiger partial charge in [0.25, 0.3) is 0 Å². The van der Waals surface area contributed by atoms with Gasteiger partial charge in [0.15, 0.2) is 0 Å². The van der Waals surface area contributed by atoms with Crippen LogP contribution in [0.5, 0.6) is 0 Å². The summed E-state index contributed by atoms with van der Waals surface area (Å²) in [5.41, 5.74) is 6.19. The van der Waals surface area contributed by atoms with Crippen molar-refractivity contribution in [2.24, 2.45) is 0 Å². The average Bonchev–Trinajstić information content (AvgIpc) is 2.07. The van der Waals surface area contributed by atoms with Crippen molar-refractivity contribution in [1.82, 2.24) is 9.80 Å². The third-order valence-corrected chi connectivity index (χ3v) is 5.55. The monoisotopic (exact) mass is 216 g/mol. The van der Waals surface area contributed by atoms with Crippen LogP contribution in [0, 0.1) is 0 Å². The van der Waals surface area contributed by atoms with E-state index in [9.17, 15) is 0 Å². The third kappa shape index (κ3) is 1.56. The second kappa shape index (κ2) is 3.10. The molecular formula is C8H17AsN2. The molecule has 64 valence electrons. The van der Waals surface area contributed by atoms with Crippen LogP contribution in [0.25, 0.3) is 0 Å². The molecule has 1 rings (SSSR count). The normalized spacial score (nSPS) is 24.9. The molecule has 0 aromatic heterocycles. The Morgan fingerprint density at radius 1 is 1.36 bits per heavy atom. The first-order valence-corrected chi connectivity index (χ1v) is 8.67. The van der Waals surface area contributed by atoms with Crippen molar-refractivity contribution in [2.75, 3.05) is 14.1 Å². The summed E-state index contributed by atoms with van der Waals surface area (Å²) in [5, 5.41) is 0. The second-order valence-corrected chi connectivity index (χ2v) is 8.37. The van der Waals surface area contributed by atoms with Crippen LogP contribution in [0.2, 0.25) is 11.4 Å². The van der Waals surface area contributed by atoms with Crippen LogP contribution >= 0.6 is 0 Å². The summed E-state index contributed by atoms with van der Waals surface area (Å²) in [6, 6.07) is 0. The fraction of sp³-hybridized carbons (Fsp3) is 0.750. The van der Waals surface area contributed by atoms with Crippen molar-refractivity contribution in [3.63, 3.8) is 0 Å². The van der Waals surface area contributed by atoms with E-state index in [4.69, 9.17) is 0 Å². The first kappa shape index (κ1) is 8.99. The molecule has 0 N–H and O–H groups in total. The van der Waals surface area contributed by atoms with Crippen LogP contribution < -0.4 is 0 Å². The molecule has 1 heterocycles. The van der Waals surface area contributed by atoms with Gasteiger partial charge in [0.2, 0.25) is 0 Å². The Morgan fingerprint density at radius 3 is 2.09 bits per heavy atom. The van der Waals surface area contributed by atoms with E-state index >= 15 is 0 Å². The molecule has 1 atom stereocenters. The zero-order valence-corrected chi connectivity index (χ0v) is 9.87. The molecule has 0 amide bonds. The predicted molar refractivity (Wildman–Crippen MR) is 50.6 cm³/mol. The molecule has 0 aromatic rings. The van der Waals surface area contributed by atoms with Crippen LogP contribution in [0.3, 0.4) is 0 Å². The van der Waals surface area contributed by atoms with Crippen molar-refractivity contribution in [2.45, 2.75) is 23.3 Å². The SMILES string of the molecule is CC1=CN(C)C([As](C)C)N1C. The molecule has 0 aliphatic carbocycles. The van der Waals surface area contributed by atoms with E-state index in [1.54, 1.807) is 0 Å². The topological polar surface area (TPSA) is 6.48 Å². The van der Waals surface area contributed by atoms with Crippen LogP contribution in [0.1, 0.15) is 6.92 Å². The summed E-state index contributed by atoms with van der Waals surface area (Å²) in [6.45, 7) is 2.17. The molecule has 0 fully saturated rings. The number of hydrogen-bond acceptors (Lipinski definition) is 2. The minimum atomic E-state index is -0.640. The number of hydrogen-bond donors (Lipinski definition) is 0. The van der Waals surface area contributed by atoms with Gasteiger partial charge < -0.3 is 0 Å². The summed E-state index contributed by atoms with van der Waals surface area (Å²) in [7, 11) is 4.36. The molecule has 0 spiro atoms. The molecule has 3 heteroatoms. The Morgan fingerprint density at radius 2 is 1.91 bits per heavy atom. The van der Waals surface area contributed by atoms with Crippen LogP contribution in [0.15, 0.2) is 11.9 Å². The number of nitrogens with zero attached hydrogens (tertiary/aromatic N) is 2. The van der Waals surface area contributed by atoms with Crippen molar-refractivity contribution in [3.05, 3.63) is 11.9 Å². The molecule has 1 unspecified atom stereocenters. The minimum absolute atomic E-state index is 0.640. The van der Waals surface area contributed by atoms with E-state index in [0.29, 0.717) is 4.95 Å². The Bertz CT molecular complexity index is 177. The Balaban J connectivity index is 2.72. The molecule has 11 heavy (non-hydrogen) atoms. The van der Waals surface area contributed by atoms with Crippen molar-refractivity contribution < 1.29 is 0 Å². The van der Waals surface area contributed by atoms with Gasteiger partial charge in [0, 0.05) is 0 Å². The van der Waals surface area contributed by atoms with Crippen molar-refractivity contribution >= 4 is 14.7 Å². The van der Waals surface area contributed by atoms with E-state index in [-0.39, 0.29) is 0 Å². The molecule has 0 aromatic carbocycles. The van der Waals surface area contributed by atoms with Crippen molar-refractivity contribution in [3.8, 4) is 0 Å². The van der Waals surface area contributed by atoms with E-state index in [1.165, 1.54) is 5.70 Å². The summed E-state index contributed by atoms with van der Waals surface area (Å²) in [4.78, 5) is 5.43. The van der Waals surface area contributed by atoms with Gasteiger partial charge in [-0.2, -0.15) is 0 Å². The van der Waals surface area contributed by atoms with Crippen LogP contribution in [0.4, 0.5) is 0 Å². The number of rotatable bonds is 1. The third-order valence-electron chi connectivity index (χ3n) is 2.12. The summed E-state index contributed by atoms with van der Waals surface area (Å²) < 4.78 is 0. The second-order valence-electron chi connectivity index (χ2n) is 3.36. The molecular weight excluding hydrogens is 199 g/mol. The fourth-order valence-corrected chi connectivity index (χ4v) is 5.12. The molecule has 1 aliphatic heterocycles. The first-order chi connectivity index (χ1) is 5.04. The van der Waals surface area contributed by atoms with Crippen LogP contribution in [-0.2, 0) is 0 Å². The summed E-state index contributed by atoms with van der Waals surface area (Å²) in [6.07, 6.45) is 2.24. The zero-order chi connectivity index (χ0) is 8.59. The molecule has 0 radical (unpaired) electrons. The summed E-state index contributed by atoms with van der Waals surface area (Å²) >= 11 is -0.640. The Kier molecular flexibility index (Phi) is 2.53. The molecule has 1 aliphatic rings. The molecule has 0 saturated heterocycles. The first-order valence-electron chi connectivity index (χ1n) is 3.83. The fourth-order valence-electron chi connectivity index (χ4n) is 1.62. The van der Waals surface area contributed by atoms with Crippen LogP contribution in [-0.4, -0.2) is 43.5 Å². The molecule has 0 saturated carbocycles. The molecule has 2 nitrogen and oxygen atoms in total. The zero-order valence-electron chi connectivity index (χ0n) is 8.00. The quantitative estimate of drug-likeness (QED) is 0.610. The summed E-state index contributed by atoms with van der Waals surface area (Å²) in [5.74, 6) is 0. The van der Waals surface area contributed by atoms with E-state index in [0.717, 1.165) is 0 Å². The predicted octanol–water partition coefficient (Wildman–Crippen LogP) is 1.34. The van der Waals surface area contributed by atoms with E-state index < -0.39 is 14.7 Å². The van der Waals surface area contributed by atoms with Gasteiger partial charge in [0.1, 0.15) is 0 Å². The van der Waals surface area contributed by atoms with Gasteiger partial charge in [-0.05, 0) is 0 Å². The number of allylic oxidation sites excluding steroid dienone is 1. The maximum absolute atomic E-state index is 2.40.